The van der Waals surface area contributed by atoms with Crippen LogP contribution in [0.25, 0.3) is 38.9 Å². The molecule has 1 aromatic heterocycles. The molecule has 1 nitrogen and oxygen atoms in total. The quantitative estimate of drug-likeness (QED) is 0.297. The SMILES string of the molecule is CCCCc1cccc2c3[n+](ccc12)C(CC)(CC)C=Cc1cc2ccccc2cc1-3. The Morgan fingerprint density at radius 2 is 1.58 bits per heavy atom. The highest BCUT2D eigenvalue weighted by molar-refractivity contribution is 6.00. The number of rotatable bonds is 5. The van der Waals surface area contributed by atoms with Crippen LogP contribution < -0.4 is 4.57 Å². The number of benzene rings is 3. The summed E-state index contributed by atoms with van der Waals surface area (Å²) >= 11 is 0. The first-order valence-electron chi connectivity index (χ1n) is 11.9. The topological polar surface area (TPSA) is 3.88 Å². The van der Waals surface area contributed by atoms with E-state index in [1.807, 2.05) is 0 Å². The predicted molar refractivity (Wildman–Crippen MR) is 133 cm³/mol. The number of aromatic nitrogens is 1. The molecule has 0 unspecified atom stereocenters. The molecule has 1 heteroatoms. The van der Waals surface area contributed by atoms with Crippen molar-refractivity contribution in [2.75, 3.05) is 0 Å². The van der Waals surface area contributed by atoms with Gasteiger partial charge in [0.2, 0.25) is 5.69 Å². The Morgan fingerprint density at radius 1 is 0.806 bits per heavy atom. The number of nitrogens with zero attached hydrogens (tertiary/aromatic N) is 1. The predicted octanol–water partition coefficient (Wildman–Crippen LogP) is 7.83. The highest BCUT2D eigenvalue weighted by Crippen LogP contribution is 2.38. The third kappa shape index (κ3) is 3.19. The molecule has 1 aliphatic rings. The Balaban J connectivity index is 1.89. The molecule has 0 fully saturated rings. The average Bonchev–Trinajstić information content (AvgIpc) is 2.96. The fraction of sp³-hybridized carbons (Fsp3) is 0.300. The summed E-state index contributed by atoms with van der Waals surface area (Å²) in [6, 6.07) is 22.8. The Kier molecular flexibility index (Phi) is 5.14. The first kappa shape index (κ1) is 20.0. The van der Waals surface area contributed by atoms with Crippen molar-refractivity contribution in [2.24, 2.45) is 0 Å². The van der Waals surface area contributed by atoms with E-state index in [4.69, 9.17) is 0 Å². The third-order valence-electron chi connectivity index (χ3n) is 7.33. The van der Waals surface area contributed by atoms with Crippen molar-refractivity contribution < 1.29 is 4.57 Å². The summed E-state index contributed by atoms with van der Waals surface area (Å²) in [5.74, 6) is 0. The van der Waals surface area contributed by atoms with Crippen LogP contribution >= 0.6 is 0 Å². The van der Waals surface area contributed by atoms with E-state index in [0.717, 1.165) is 19.3 Å². The molecule has 0 saturated carbocycles. The van der Waals surface area contributed by atoms with Crippen molar-refractivity contribution >= 4 is 27.6 Å². The monoisotopic (exact) mass is 406 g/mol. The van der Waals surface area contributed by atoms with Crippen LogP contribution in [0.3, 0.4) is 0 Å². The Hall–Kier alpha value is -2.93. The molecule has 0 radical (unpaired) electrons. The van der Waals surface area contributed by atoms with Crippen molar-refractivity contribution in [3.63, 3.8) is 0 Å². The van der Waals surface area contributed by atoms with Crippen LogP contribution in [-0.4, -0.2) is 0 Å². The molecule has 0 saturated heterocycles. The molecule has 2 heterocycles. The van der Waals surface area contributed by atoms with Crippen LogP contribution in [0, 0.1) is 0 Å². The van der Waals surface area contributed by atoms with Gasteiger partial charge in [0.25, 0.3) is 0 Å². The molecule has 0 spiro atoms. The van der Waals surface area contributed by atoms with E-state index in [2.05, 4.69) is 104 Å². The first-order valence-corrected chi connectivity index (χ1v) is 11.9. The molecule has 0 aliphatic carbocycles. The van der Waals surface area contributed by atoms with E-state index in [1.165, 1.54) is 56.8 Å². The van der Waals surface area contributed by atoms with Crippen LogP contribution in [0.5, 0.6) is 0 Å². The molecule has 0 atom stereocenters. The summed E-state index contributed by atoms with van der Waals surface area (Å²) in [5.41, 5.74) is 5.50. The highest BCUT2D eigenvalue weighted by atomic mass is 15.1. The van der Waals surface area contributed by atoms with E-state index in [9.17, 15) is 0 Å². The van der Waals surface area contributed by atoms with Crippen LogP contribution in [0.2, 0.25) is 0 Å². The smallest absolute Gasteiger partial charge is 0.189 e. The second-order valence-corrected chi connectivity index (χ2v) is 8.95. The minimum atomic E-state index is -0.00580. The van der Waals surface area contributed by atoms with Gasteiger partial charge in [-0.1, -0.05) is 69.7 Å². The van der Waals surface area contributed by atoms with E-state index >= 15 is 0 Å². The number of fused-ring (bicyclic) bond motifs is 6. The van der Waals surface area contributed by atoms with Gasteiger partial charge in [0.1, 0.15) is 0 Å². The fourth-order valence-corrected chi connectivity index (χ4v) is 5.35. The van der Waals surface area contributed by atoms with Crippen molar-refractivity contribution in [3.05, 3.63) is 84.1 Å². The van der Waals surface area contributed by atoms with Gasteiger partial charge in [0.05, 0.1) is 10.9 Å². The van der Waals surface area contributed by atoms with Crippen molar-refractivity contribution in [2.45, 2.75) is 58.4 Å². The first-order chi connectivity index (χ1) is 15.2. The molecule has 156 valence electrons. The summed E-state index contributed by atoms with van der Waals surface area (Å²) in [4.78, 5) is 0. The van der Waals surface area contributed by atoms with Gasteiger partial charge in [0.15, 0.2) is 11.7 Å². The van der Waals surface area contributed by atoms with Gasteiger partial charge in [-0.05, 0) is 64.4 Å². The summed E-state index contributed by atoms with van der Waals surface area (Å²) in [5, 5.41) is 5.40. The van der Waals surface area contributed by atoms with Crippen LogP contribution in [-0.2, 0) is 12.0 Å². The minimum absolute atomic E-state index is 0.00580. The molecule has 4 aromatic rings. The maximum absolute atomic E-state index is 2.57. The summed E-state index contributed by atoms with van der Waals surface area (Å²) in [6.07, 6.45) is 12.9. The number of unbranched alkanes of at least 4 members (excludes halogenated alkanes) is 1. The zero-order valence-electron chi connectivity index (χ0n) is 19.0. The molecular weight excluding hydrogens is 374 g/mol. The van der Waals surface area contributed by atoms with Crippen LogP contribution in [0.15, 0.2) is 72.9 Å². The summed E-state index contributed by atoms with van der Waals surface area (Å²) in [6.45, 7) is 6.91. The Labute approximate surface area is 186 Å². The average molecular weight is 407 g/mol. The molecule has 0 amide bonds. The van der Waals surface area contributed by atoms with Crippen molar-refractivity contribution in [1.29, 1.82) is 0 Å². The zero-order valence-corrected chi connectivity index (χ0v) is 19.0. The van der Waals surface area contributed by atoms with Gasteiger partial charge in [-0.15, -0.1) is 0 Å². The van der Waals surface area contributed by atoms with Crippen molar-refractivity contribution in [3.8, 4) is 11.3 Å². The van der Waals surface area contributed by atoms with E-state index in [-0.39, 0.29) is 5.54 Å². The normalized spacial score (nSPS) is 14.4. The van der Waals surface area contributed by atoms with E-state index in [0.29, 0.717) is 0 Å². The van der Waals surface area contributed by atoms with Crippen LogP contribution in [0.4, 0.5) is 0 Å². The van der Waals surface area contributed by atoms with E-state index in [1.54, 1.807) is 0 Å². The lowest BCUT2D eigenvalue weighted by Gasteiger charge is -2.24. The Bertz CT molecular complexity index is 1290. The number of hydrogen-bond acceptors (Lipinski definition) is 0. The Morgan fingerprint density at radius 3 is 2.32 bits per heavy atom. The largest absolute Gasteiger partial charge is 0.221 e. The van der Waals surface area contributed by atoms with Gasteiger partial charge in [-0.2, -0.15) is 4.57 Å². The van der Waals surface area contributed by atoms with Gasteiger partial charge in [-0.25, -0.2) is 0 Å². The second-order valence-electron chi connectivity index (χ2n) is 8.95. The number of aryl methyl sites for hydroxylation is 1. The third-order valence-corrected chi connectivity index (χ3v) is 7.33. The highest BCUT2D eigenvalue weighted by Gasteiger charge is 2.39. The minimum Gasteiger partial charge on any atom is -0.189 e. The lowest BCUT2D eigenvalue weighted by Crippen LogP contribution is -2.55. The molecule has 1 aliphatic heterocycles. The molecule has 0 bridgehead atoms. The van der Waals surface area contributed by atoms with Gasteiger partial charge in [0, 0.05) is 18.9 Å². The maximum Gasteiger partial charge on any atom is 0.221 e. The van der Waals surface area contributed by atoms with Crippen molar-refractivity contribution in [1.82, 2.24) is 0 Å². The maximum atomic E-state index is 2.57. The number of pyridine rings is 1. The molecule has 31 heavy (non-hydrogen) atoms. The number of allylic oxidation sites excluding steroid dienone is 1. The lowest BCUT2D eigenvalue weighted by molar-refractivity contribution is -0.742. The second kappa shape index (κ2) is 7.96. The summed E-state index contributed by atoms with van der Waals surface area (Å²) < 4.78 is 2.57. The number of hydrogen-bond donors (Lipinski definition) is 0. The zero-order chi connectivity index (χ0) is 21.4. The molecule has 5 rings (SSSR count). The van der Waals surface area contributed by atoms with Gasteiger partial charge >= 0.3 is 0 Å². The van der Waals surface area contributed by atoms with Gasteiger partial charge < -0.3 is 0 Å². The standard InChI is InChI=1S/C30H32N/c1-4-7-11-22-14-10-15-27-26(22)17-19-31-29(27)28-21-24-13-9-8-12-23(24)20-25(28)16-18-30(31,5-2)6-3/h8-10,12-21H,4-7,11H2,1-3H3/q+1. The fourth-order valence-electron chi connectivity index (χ4n) is 5.35. The molecule has 0 N–H and O–H groups in total. The lowest BCUT2D eigenvalue weighted by atomic mass is 9.90. The van der Waals surface area contributed by atoms with Gasteiger partial charge in [-0.3, -0.25) is 0 Å². The summed E-state index contributed by atoms with van der Waals surface area (Å²) in [7, 11) is 0. The van der Waals surface area contributed by atoms with Crippen LogP contribution in [0.1, 0.15) is 57.6 Å². The van der Waals surface area contributed by atoms with E-state index < -0.39 is 0 Å². The molecular formula is C30H32N+. The molecule has 3 aromatic carbocycles.